The van der Waals surface area contributed by atoms with Crippen LogP contribution in [0.1, 0.15) is 6.92 Å². The van der Waals surface area contributed by atoms with Crippen molar-refractivity contribution >= 4 is 15.9 Å². The van der Waals surface area contributed by atoms with Crippen LogP contribution in [0.15, 0.2) is 24.3 Å². The Morgan fingerprint density at radius 1 is 1.29 bits per heavy atom. The molecule has 0 bridgehead atoms. The summed E-state index contributed by atoms with van der Waals surface area (Å²) in [4.78, 5) is 2.73. The van der Waals surface area contributed by atoms with Crippen molar-refractivity contribution in [1.29, 1.82) is 0 Å². The van der Waals surface area contributed by atoms with Crippen LogP contribution in [-0.4, -0.2) is 43.6 Å². The minimum Gasteiger partial charge on any atom is -0.493 e. The number of ether oxygens (including phenoxy) is 2. The van der Waals surface area contributed by atoms with Gasteiger partial charge in [0.1, 0.15) is 6.61 Å². The first-order valence-electron chi connectivity index (χ1n) is 5.72. The third kappa shape index (κ3) is 5.41. The zero-order valence-electron chi connectivity index (χ0n) is 10.6. The number of para-hydroxylation sites is 2. The molecule has 0 heterocycles. The lowest BCUT2D eigenvalue weighted by Crippen LogP contribution is -2.28. The van der Waals surface area contributed by atoms with Crippen LogP contribution in [0.5, 0.6) is 11.5 Å². The quantitative estimate of drug-likeness (QED) is 0.723. The molecule has 1 rings (SSSR count). The van der Waals surface area contributed by atoms with E-state index in [1.54, 1.807) is 7.11 Å². The van der Waals surface area contributed by atoms with Gasteiger partial charge in [-0.05, 0) is 19.2 Å². The molecule has 0 aliphatic carbocycles. The summed E-state index contributed by atoms with van der Waals surface area (Å²) in [5, 5.41) is 0. The maximum atomic E-state index is 5.70. The zero-order valence-corrected chi connectivity index (χ0v) is 12.2. The predicted octanol–water partition coefficient (Wildman–Crippen LogP) is 2.79. The molecule has 17 heavy (non-hydrogen) atoms. The molecule has 0 fully saturated rings. The average Bonchev–Trinajstić information content (AvgIpc) is 2.28. The van der Waals surface area contributed by atoms with Crippen LogP contribution in [0.2, 0.25) is 0 Å². The number of halogens is 1. The summed E-state index contributed by atoms with van der Waals surface area (Å²) in [6, 6.07) is 7.71. The van der Waals surface area contributed by atoms with E-state index < -0.39 is 0 Å². The summed E-state index contributed by atoms with van der Waals surface area (Å²) in [5.74, 6) is 1.58. The van der Waals surface area contributed by atoms with Crippen molar-refractivity contribution in [3.63, 3.8) is 0 Å². The largest absolute Gasteiger partial charge is 0.493 e. The van der Waals surface area contributed by atoms with Gasteiger partial charge in [-0.15, -0.1) is 0 Å². The molecule has 0 aromatic heterocycles. The van der Waals surface area contributed by atoms with Gasteiger partial charge in [0.2, 0.25) is 0 Å². The van der Waals surface area contributed by atoms with E-state index in [2.05, 4.69) is 34.8 Å². The maximum absolute atomic E-state index is 5.70. The Bertz CT molecular complexity index is 331. The molecular formula is C13H20BrNO2. The van der Waals surface area contributed by atoms with E-state index in [-0.39, 0.29) is 0 Å². The fourth-order valence-electron chi connectivity index (χ4n) is 1.57. The number of alkyl halides is 1. The van der Waals surface area contributed by atoms with Crippen molar-refractivity contribution in [3.8, 4) is 11.5 Å². The zero-order chi connectivity index (χ0) is 12.7. The Hall–Kier alpha value is -0.740. The highest BCUT2D eigenvalue weighted by Gasteiger charge is 2.05. The van der Waals surface area contributed by atoms with Crippen molar-refractivity contribution in [3.05, 3.63) is 24.3 Å². The molecule has 0 aliphatic heterocycles. The number of methoxy groups -OCH3 is 1. The number of likely N-dealkylation sites (N-methyl/N-ethyl adjacent to an activating group) is 1. The van der Waals surface area contributed by atoms with Crippen molar-refractivity contribution in [2.24, 2.45) is 0 Å². The van der Waals surface area contributed by atoms with Gasteiger partial charge in [0.05, 0.1) is 7.11 Å². The van der Waals surface area contributed by atoms with Crippen molar-refractivity contribution in [2.75, 3.05) is 33.9 Å². The first-order valence-corrected chi connectivity index (χ1v) is 6.63. The molecule has 1 aromatic carbocycles. The molecule has 0 saturated carbocycles. The molecule has 0 saturated heterocycles. The summed E-state index contributed by atoms with van der Waals surface area (Å²) < 4.78 is 10.9. The lowest BCUT2D eigenvalue weighted by Gasteiger charge is -2.18. The lowest BCUT2D eigenvalue weighted by molar-refractivity contribution is 0.232. The molecule has 0 radical (unpaired) electrons. The number of benzene rings is 1. The van der Waals surface area contributed by atoms with Gasteiger partial charge in [0, 0.05) is 17.9 Å². The first kappa shape index (κ1) is 14.3. The van der Waals surface area contributed by atoms with E-state index in [1.165, 1.54) is 0 Å². The fourth-order valence-corrected chi connectivity index (χ4v) is 2.06. The summed E-state index contributed by atoms with van der Waals surface area (Å²) in [5.41, 5.74) is 0. The molecule has 1 unspecified atom stereocenters. The van der Waals surface area contributed by atoms with Gasteiger partial charge in [-0.25, -0.2) is 0 Å². The van der Waals surface area contributed by atoms with Crippen LogP contribution < -0.4 is 9.47 Å². The van der Waals surface area contributed by atoms with Crippen molar-refractivity contribution < 1.29 is 9.47 Å². The Morgan fingerprint density at radius 2 is 1.94 bits per heavy atom. The molecule has 0 amide bonds. The van der Waals surface area contributed by atoms with Crippen LogP contribution >= 0.6 is 15.9 Å². The van der Waals surface area contributed by atoms with Crippen LogP contribution in [0, 0.1) is 0 Å². The van der Waals surface area contributed by atoms with Gasteiger partial charge in [-0.3, -0.25) is 0 Å². The summed E-state index contributed by atoms with van der Waals surface area (Å²) in [6.07, 6.45) is 0. The molecule has 0 spiro atoms. The van der Waals surface area contributed by atoms with E-state index in [4.69, 9.17) is 9.47 Å². The van der Waals surface area contributed by atoms with E-state index >= 15 is 0 Å². The second kappa shape index (κ2) is 7.56. The third-order valence-electron chi connectivity index (χ3n) is 2.36. The third-order valence-corrected chi connectivity index (χ3v) is 2.65. The Labute approximate surface area is 112 Å². The molecule has 4 heteroatoms. The minimum atomic E-state index is 0.499. The molecule has 0 N–H and O–H groups in total. The van der Waals surface area contributed by atoms with Gasteiger partial charge in [-0.1, -0.05) is 35.0 Å². The second-order valence-electron chi connectivity index (χ2n) is 4.04. The number of hydrogen-bond acceptors (Lipinski definition) is 3. The van der Waals surface area contributed by atoms with Gasteiger partial charge in [-0.2, -0.15) is 0 Å². The van der Waals surface area contributed by atoms with Crippen LogP contribution in [0.4, 0.5) is 0 Å². The predicted molar refractivity (Wildman–Crippen MR) is 74.4 cm³/mol. The summed E-state index contributed by atoms with van der Waals surface area (Å²) in [7, 11) is 3.74. The number of hydrogen-bond donors (Lipinski definition) is 0. The highest BCUT2D eigenvalue weighted by Crippen LogP contribution is 2.25. The van der Waals surface area contributed by atoms with E-state index in [0.717, 1.165) is 24.6 Å². The monoisotopic (exact) mass is 301 g/mol. The number of nitrogens with zero attached hydrogens (tertiary/aromatic N) is 1. The SMILES string of the molecule is COc1ccccc1OCCN(C)CC(C)Br. The highest BCUT2D eigenvalue weighted by atomic mass is 79.9. The standard InChI is InChI=1S/C13H20BrNO2/c1-11(14)10-15(2)8-9-17-13-7-5-4-6-12(13)16-3/h4-7,11H,8-10H2,1-3H3. The fraction of sp³-hybridized carbons (Fsp3) is 0.538. The minimum absolute atomic E-state index is 0.499. The van der Waals surface area contributed by atoms with Gasteiger partial charge in [0.15, 0.2) is 11.5 Å². The Kier molecular flexibility index (Phi) is 6.37. The molecular weight excluding hydrogens is 282 g/mol. The van der Waals surface area contributed by atoms with E-state index in [1.807, 2.05) is 24.3 Å². The molecule has 3 nitrogen and oxygen atoms in total. The molecule has 0 aliphatic rings. The highest BCUT2D eigenvalue weighted by molar-refractivity contribution is 9.09. The smallest absolute Gasteiger partial charge is 0.161 e. The normalized spacial score (nSPS) is 12.5. The van der Waals surface area contributed by atoms with Gasteiger partial charge < -0.3 is 14.4 Å². The van der Waals surface area contributed by atoms with Gasteiger partial charge >= 0.3 is 0 Å². The van der Waals surface area contributed by atoms with E-state index in [9.17, 15) is 0 Å². The Balaban J connectivity index is 2.35. The molecule has 1 aromatic rings. The van der Waals surface area contributed by atoms with Crippen molar-refractivity contribution in [1.82, 2.24) is 4.90 Å². The average molecular weight is 302 g/mol. The first-order chi connectivity index (χ1) is 8.13. The van der Waals surface area contributed by atoms with E-state index in [0.29, 0.717) is 11.4 Å². The summed E-state index contributed by atoms with van der Waals surface area (Å²) in [6.45, 7) is 4.71. The van der Waals surface area contributed by atoms with Crippen LogP contribution in [-0.2, 0) is 0 Å². The molecule has 96 valence electrons. The summed E-state index contributed by atoms with van der Waals surface area (Å²) >= 11 is 3.53. The second-order valence-corrected chi connectivity index (χ2v) is 5.61. The maximum Gasteiger partial charge on any atom is 0.161 e. The van der Waals surface area contributed by atoms with Crippen LogP contribution in [0.25, 0.3) is 0 Å². The Morgan fingerprint density at radius 3 is 2.53 bits per heavy atom. The topological polar surface area (TPSA) is 21.7 Å². The van der Waals surface area contributed by atoms with Crippen molar-refractivity contribution in [2.45, 2.75) is 11.8 Å². The number of rotatable bonds is 7. The lowest BCUT2D eigenvalue weighted by atomic mass is 10.3. The van der Waals surface area contributed by atoms with Crippen LogP contribution in [0.3, 0.4) is 0 Å². The van der Waals surface area contributed by atoms with Gasteiger partial charge in [0.25, 0.3) is 0 Å². The molecule has 1 atom stereocenters.